The second kappa shape index (κ2) is 8.04. The van der Waals surface area contributed by atoms with Crippen LogP contribution in [0.15, 0.2) is 53.1 Å². The zero-order chi connectivity index (χ0) is 21.2. The maximum absolute atomic E-state index is 13.0. The number of hydrogen-bond donors (Lipinski definition) is 0. The standard InChI is InChI=1S/C21H24FN3O3S/c1-21(2,3)17-9-7-16(8-10-17)20-23-19(28-24-20)13-25(4)29(26,27)14-15-5-11-18(22)12-6-15/h5-12H,13-14H2,1-4H3. The van der Waals surface area contributed by atoms with Crippen molar-refractivity contribution in [2.24, 2.45) is 0 Å². The molecule has 0 aliphatic rings. The Balaban J connectivity index is 1.69. The van der Waals surface area contributed by atoms with Crippen molar-refractivity contribution in [3.8, 4) is 11.4 Å². The lowest BCUT2D eigenvalue weighted by atomic mass is 9.87. The first kappa shape index (κ1) is 21.1. The summed E-state index contributed by atoms with van der Waals surface area (Å²) in [6.07, 6.45) is 0. The Kier molecular flexibility index (Phi) is 5.86. The summed E-state index contributed by atoms with van der Waals surface area (Å²) in [6, 6.07) is 13.3. The van der Waals surface area contributed by atoms with Crippen LogP contribution in [0.1, 0.15) is 37.8 Å². The minimum atomic E-state index is -3.62. The van der Waals surface area contributed by atoms with Crippen LogP contribution >= 0.6 is 0 Å². The molecule has 0 saturated carbocycles. The number of hydrogen-bond acceptors (Lipinski definition) is 5. The third-order valence-corrected chi connectivity index (χ3v) is 6.35. The summed E-state index contributed by atoms with van der Waals surface area (Å²) in [4.78, 5) is 4.31. The quantitative estimate of drug-likeness (QED) is 0.603. The topological polar surface area (TPSA) is 76.3 Å². The molecule has 0 aliphatic heterocycles. The highest BCUT2D eigenvalue weighted by Crippen LogP contribution is 2.25. The molecule has 0 radical (unpaired) electrons. The highest BCUT2D eigenvalue weighted by Gasteiger charge is 2.22. The molecule has 0 bridgehead atoms. The van der Waals surface area contributed by atoms with E-state index in [4.69, 9.17) is 4.52 Å². The molecule has 1 aromatic heterocycles. The fraction of sp³-hybridized carbons (Fsp3) is 0.333. The number of aromatic nitrogens is 2. The van der Waals surface area contributed by atoms with Crippen LogP contribution in [0, 0.1) is 5.82 Å². The molecule has 0 N–H and O–H groups in total. The van der Waals surface area contributed by atoms with Gasteiger partial charge in [0.2, 0.25) is 21.7 Å². The SMILES string of the molecule is CN(Cc1nc(-c2ccc(C(C)(C)C)cc2)no1)S(=O)(=O)Cc1ccc(F)cc1. The predicted molar refractivity (Wildman–Crippen MR) is 109 cm³/mol. The van der Waals surface area contributed by atoms with Gasteiger partial charge in [-0.2, -0.15) is 9.29 Å². The maximum Gasteiger partial charge on any atom is 0.242 e. The lowest BCUT2D eigenvalue weighted by Gasteiger charge is -2.18. The summed E-state index contributed by atoms with van der Waals surface area (Å²) >= 11 is 0. The zero-order valence-electron chi connectivity index (χ0n) is 16.9. The Morgan fingerprint density at radius 3 is 2.24 bits per heavy atom. The predicted octanol–water partition coefficient (Wildman–Crippen LogP) is 4.14. The molecule has 0 unspecified atom stereocenters. The van der Waals surface area contributed by atoms with Crippen molar-refractivity contribution in [2.45, 2.75) is 38.5 Å². The molecular formula is C21H24FN3O3S. The van der Waals surface area contributed by atoms with Crippen molar-refractivity contribution in [3.05, 3.63) is 71.4 Å². The van der Waals surface area contributed by atoms with Crippen LogP contribution in [0.5, 0.6) is 0 Å². The molecule has 0 saturated heterocycles. The van der Waals surface area contributed by atoms with Crippen LogP contribution < -0.4 is 0 Å². The molecule has 2 aromatic carbocycles. The van der Waals surface area contributed by atoms with Gasteiger partial charge in [-0.15, -0.1) is 0 Å². The van der Waals surface area contributed by atoms with E-state index in [0.29, 0.717) is 11.4 Å². The van der Waals surface area contributed by atoms with Gasteiger partial charge in [-0.05, 0) is 28.7 Å². The summed E-state index contributed by atoms with van der Waals surface area (Å²) in [6.45, 7) is 6.36. The Bertz CT molecular complexity index is 1070. The van der Waals surface area contributed by atoms with E-state index in [1.807, 2.05) is 24.3 Å². The normalized spacial score (nSPS) is 12.5. The van der Waals surface area contributed by atoms with Crippen molar-refractivity contribution < 1.29 is 17.3 Å². The average molecular weight is 418 g/mol. The van der Waals surface area contributed by atoms with Gasteiger partial charge >= 0.3 is 0 Å². The largest absolute Gasteiger partial charge is 0.338 e. The molecule has 6 nitrogen and oxygen atoms in total. The first-order valence-electron chi connectivity index (χ1n) is 9.16. The molecule has 29 heavy (non-hydrogen) atoms. The molecule has 0 fully saturated rings. The summed E-state index contributed by atoms with van der Waals surface area (Å²) in [5, 5.41) is 3.96. The summed E-state index contributed by atoms with van der Waals surface area (Å²) in [7, 11) is -2.17. The van der Waals surface area contributed by atoms with E-state index in [0.717, 1.165) is 9.87 Å². The fourth-order valence-electron chi connectivity index (χ4n) is 2.75. The Labute approximate surface area is 170 Å². The van der Waals surface area contributed by atoms with Gasteiger partial charge in [0.15, 0.2) is 0 Å². The molecule has 0 aliphatic carbocycles. The Morgan fingerprint density at radius 2 is 1.66 bits per heavy atom. The molecule has 1 heterocycles. The Morgan fingerprint density at radius 1 is 1.03 bits per heavy atom. The third-order valence-electron chi connectivity index (χ3n) is 4.57. The van der Waals surface area contributed by atoms with E-state index in [1.165, 1.54) is 36.9 Å². The number of nitrogens with zero attached hydrogens (tertiary/aromatic N) is 3. The zero-order valence-corrected chi connectivity index (χ0v) is 17.7. The molecule has 0 amide bonds. The molecule has 154 valence electrons. The summed E-state index contributed by atoms with van der Waals surface area (Å²) in [5.74, 6) is -0.0396. The van der Waals surface area contributed by atoms with Gasteiger partial charge in [-0.25, -0.2) is 12.8 Å². The van der Waals surface area contributed by atoms with E-state index < -0.39 is 15.8 Å². The second-order valence-electron chi connectivity index (χ2n) is 7.98. The molecule has 0 atom stereocenters. The van der Waals surface area contributed by atoms with Gasteiger partial charge in [-0.3, -0.25) is 0 Å². The highest BCUT2D eigenvalue weighted by atomic mass is 32.2. The molecular weight excluding hydrogens is 393 g/mol. The average Bonchev–Trinajstić information content (AvgIpc) is 3.11. The number of sulfonamides is 1. The first-order chi connectivity index (χ1) is 13.5. The highest BCUT2D eigenvalue weighted by molar-refractivity contribution is 7.88. The number of benzene rings is 2. The van der Waals surface area contributed by atoms with Gasteiger partial charge in [0.05, 0.1) is 12.3 Å². The molecule has 0 spiro atoms. The smallest absolute Gasteiger partial charge is 0.242 e. The van der Waals surface area contributed by atoms with Crippen LogP contribution in [0.4, 0.5) is 4.39 Å². The van der Waals surface area contributed by atoms with Gasteiger partial charge in [0, 0.05) is 12.6 Å². The first-order valence-corrected chi connectivity index (χ1v) is 10.8. The van der Waals surface area contributed by atoms with Crippen LogP contribution in [0.25, 0.3) is 11.4 Å². The Hall–Kier alpha value is -2.58. The molecule has 3 rings (SSSR count). The van der Waals surface area contributed by atoms with Crippen molar-refractivity contribution in [3.63, 3.8) is 0 Å². The summed E-state index contributed by atoms with van der Waals surface area (Å²) < 4.78 is 44.5. The van der Waals surface area contributed by atoms with E-state index in [9.17, 15) is 12.8 Å². The molecule has 8 heteroatoms. The van der Waals surface area contributed by atoms with Gasteiger partial charge in [-0.1, -0.05) is 62.3 Å². The van der Waals surface area contributed by atoms with Crippen molar-refractivity contribution in [1.82, 2.24) is 14.4 Å². The van der Waals surface area contributed by atoms with Crippen LogP contribution in [0.3, 0.4) is 0 Å². The summed E-state index contributed by atoms with van der Waals surface area (Å²) in [5.41, 5.74) is 2.53. The fourth-order valence-corrected chi connectivity index (χ4v) is 3.89. The van der Waals surface area contributed by atoms with E-state index in [1.54, 1.807) is 0 Å². The third kappa shape index (κ3) is 5.27. The lowest BCUT2D eigenvalue weighted by molar-refractivity contribution is 0.336. The number of halogens is 1. The minimum absolute atomic E-state index is 0.0442. The van der Waals surface area contributed by atoms with Gasteiger partial charge in [0.25, 0.3) is 0 Å². The van der Waals surface area contributed by atoms with Gasteiger partial charge < -0.3 is 4.52 Å². The van der Waals surface area contributed by atoms with E-state index >= 15 is 0 Å². The van der Waals surface area contributed by atoms with Crippen molar-refractivity contribution in [2.75, 3.05) is 7.05 Å². The van der Waals surface area contributed by atoms with Crippen molar-refractivity contribution >= 4 is 10.0 Å². The van der Waals surface area contributed by atoms with Crippen LogP contribution in [0.2, 0.25) is 0 Å². The van der Waals surface area contributed by atoms with E-state index in [2.05, 4.69) is 30.9 Å². The minimum Gasteiger partial charge on any atom is -0.338 e. The lowest BCUT2D eigenvalue weighted by Crippen LogP contribution is -2.27. The second-order valence-corrected chi connectivity index (χ2v) is 10.1. The van der Waals surface area contributed by atoms with E-state index in [-0.39, 0.29) is 23.6 Å². The maximum atomic E-state index is 13.0. The van der Waals surface area contributed by atoms with Crippen LogP contribution in [-0.2, 0) is 27.7 Å². The molecule has 3 aromatic rings. The number of rotatable bonds is 6. The van der Waals surface area contributed by atoms with Crippen LogP contribution in [-0.4, -0.2) is 29.9 Å². The van der Waals surface area contributed by atoms with Crippen molar-refractivity contribution in [1.29, 1.82) is 0 Å². The monoisotopic (exact) mass is 417 g/mol. The van der Waals surface area contributed by atoms with Gasteiger partial charge in [0.1, 0.15) is 5.82 Å².